The summed E-state index contributed by atoms with van der Waals surface area (Å²) in [6, 6.07) is 5.79. The molecule has 1 heterocycles. The maximum Gasteiger partial charge on any atom is 0.248 e. The minimum absolute atomic E-state index is 0. The first kappa shape index (κ1) is 18.2. The molecule has 2 atom stereocenters. The van der Waals surface area contributed by atoms with E-state index in [1.807, 2.05) is 25.3 Å². The molecule has 2 unspecified atom stereocenters. The van der Waals surface area contributed by atoms with Crippen LogP contribution in [-0.2, 0) is 10.3 Å². The predicted molar refractivity (Wildman–Crippen MR) is 94.0 cm³/mol. The van der Waals surface area contributed by atoms with Crippen molar-refractivity contribution in [3.8, 4) is 0 Å². The molecule has 4 nitrogen and oxygen atoms in total. The predicted octanol–water partition coefficient (Wildman–Crippen LogP) is 2.72. The van der Waals surface area contributed by atoms with E-state index >= 15 is 0 Å². The average molecular weight is 339 g/mol. The van der Waals surface area contributed by atoms with Crippen LogP contribution in [0.2, 0.25) is 0 Å². The maximum atomic E-state index is 11.6. The molecule has 2 aliphatic rings. The highest BCUT2D eigenvalue weighted by atomic mass is 35.5. The number of rotatable bonds is 3. The second kappa shape index (κ2) is 6.80. The number of hydrogen-bond acceptors (Lipinski definition) is 3. The van der Waals surface area contributed by atoms with E-state index < -0.39 is 0 Å². The third kappa shape index (κ3) is 2.88. The molecule has 3 rings (SSSR count). The summed E-state index contributed by atoms with van der Waals surface area (Å²) in [6.45, 7) is 4.20. The van der Waals surface area contributed by atoms with Crippen molar-refractivity contribution in [3.63, 3.8) is 0 Å². The van der Waals surface area contributed by atoms with Crippen molar-refractivity contribution in [2.24, 2.45) is 17.6 Å². The number of hydrogen-bond donors (Lipinski definition) is 1. The lowest BCUT2D eigenvalue weighted by Crippen LogP contribution is -2.58. The molecule has 2 bridgehead atoms. The first-order chi connectivity index (χ1) is 10.5. The van der Waals surface area contributed by atoms with Crippen molar-refractivity contribution >= 4 is 18.3 Å². The van der Waals surface area contributed by atoms with Crippen LogP contribution in [0.3, 0.4) is 0 Å². The Hall–Kier alpha value is -1.10. The van der Waals surface area contributed by atoms with Gasteiger partial charge in [-0.05, 0) is 50.1 Å². The SMILES string of the molecule is COC1(c2cc(C(N)=O)ccc2C)C2CCCC1CN(C)C2.Cl. The van der Waals surface area contributed by atoms with Gasteiger partial charge in [-0.25, -0.2) is 0 Å². The summed E-state index contributed by atoms with van der Waals surface area (Å²) in [4.78, 5) is 14.0. The molecule has 5 heteroatoms. The van der Waals surface area contributed by atoms with E-state index in [0.29, 0.717) is 17.4 Å². The van der Waals surface area contributed by atoms with Gasteiger partial charge >= 0.3 is 0 Å². The van der Waals surface area contributed by atoms with Crippen LogP contribution in [0.5, 0.6) is 0 Å². The fourth-order valence-electron chi connectivity index (χ4n) is 4.73. The topological polar surface area (TPSA) is 55.6 Å². The van der Waals surface area contributed by atoms with Crippen molar-refractivity contribution in [1.82, 2.24) is 4.90 Å². The lowest BCUT2D eigenvalue weighted by Gasteiger charge is -2.55. The maximum absolute atomic E-state index is 11.6. The van der Waals surface area contributed by atoms with E-state index in [1.165, 1.54) is 24.8 Å². The zero-order chi connectivity index (χ0) is 15.9. The summed E-state index contributed by atoms with van der Waals surface area (Å²) < 4.78 is 6.22. The number of carbonyl (C=O) groups is 1. The summed E-state index contributed by atoms with van der Waals surface area (Å²) in [5.74, 6) is 0.569. The van der Waals surface area contributed by atoms with Crippen LogP contribution in [0.1, 0.15) is 40.7 Å². The van der Waals surface area contributed by atoms with Crippen LogP contribution in [0.15, 0.2) is 18.2 Å². The highest BCUT2D eigenvalue weighted by Crippen LogP contribution is 2.52. The summed E-state index contributed by atoms with van der Waals surface area (Å²) >= 11 is 0. The Morgan fingerprint density at radius 1 is 1.30 bits per heavy atom. The average Bonchev–Trinajstić information content (AvgIpc) is 2.47. The van der Waals surface area contributed by atoms with Crippen LogP contribution in [0.25, 0.3) is 0 Å². The lowest BCUT2D eigenvalue weighted by molar-refractivity contribution is -0.165. The van der Waals surface area contributed by atoms with Gasteiger partial charge in [0.15, 0.2) is 0 Å². The highest BCUT2D eigenvalue weighted by molar-refractivity contribution is 5.93. The number of primary amides is 1. The van der Waals surface area contributed by atoms with Crippen molar-refractivity contribution < 1.29 is 9.53 Å². The summed E-state index contributed by atoms with van der Waals surface area (Å²) in [7, 11) is 4.02. The van der Waals surface area contributed by atoms with Gasteiger partial charge in [0.2, 0.25) is 5.91 Å². The van der Waals surface area contributed by atoms with Crippen molar-refractivity contribution in [2.75, 3.05) is 27.2 Å². The number of nitrogens with two attached hydrogens (primary N) is 1. The Balaban J connectivity index is 0.00000192. The third-order valence-electron chi connectivity index (χ3n) is 5.66. The zero-order valence-electron chi connectivity index (χ0n) is 14.2. The van der Waals surface area contributed by atoms with Crippen molar-refractivity contribution in [2.45, 2.75) is 31.8 Å². The molecule has 2 N–H and O–H groups in total. The minimum Gasteiger partial charge on any atom is -0.373 e. The van der Waals surface area contributed by atoms with Crippen LogP contribution in [0.4, 0.5) is 0 Å². The number of piperidine rings is 1. The van der Waals surface area contributed by atoms with Crippen LogP contribution >= 0.6 is 12.4 Å². The van der Waals surface area contributed by atoms with E-state index in [-0.39, 0.29) is 23.9 Å². The molecule has 1 amide bonds. The number of aryl methyl sites for hydroxylation is 1. The standard InChI is InChI=1S/C18H26N2O2.ClH/c1-12-7-8-13(17(19)21)9-16(12)18(22-3)14-5-4-6-15(18)11-20(2)10-14;/h7-9,14-15H,4-6,10-11H2,1-3H3,(H2,19,21);1H. The number of carbonyl (C=O) groups excluding carboxylic acids is 1. The van der Waals surface area contributed by atoms with Gasteiger partial charge in [0.05, 0.1) is 0 Å². The van der Waals surface area contributed by atoms with E-state index in [1.54, 1.807) is 0 Å². The van der Waals surface area contributed by atoms with E-state index in [2.05, 4.69) is 18.9 Å². The first-order valence-corrected chi connectivity index (χ1v) is 8.13. The van der Waals surface area contributed by atoms with Gasteiger partial charge in [0, 0.05) is 37.6 Å². The smallest absolute Gasteiger partial charge is 0.248 e. The lowest BCUT2D eigenvalue weighted by atomic mass is 9.61. The number of likely N-dealkylation sites (tertiary alicyclic amines) is 1. The summed E-state index contributed by atoms with van der Waals surface area (Å²) in [5, 5.41) is 0. The molecular weight excluding hydrogens is 312 g/mol. The Labute approximate surface area is 144 Å². The number of benzene rings is 1. The molecular formula is C18H27ClN2O2. The first-order valence-electron chi connectivity index (χ1n) is 8.13. The number of nitrogens with zero attached hydrogens (tertiary/aromatic N) is 1. The summed E-state index contributed by atoms with van der Waals surface area (Å²) in [6.07, 6.45) is 3.62. The number of halogens is 1. The quantitative estimate of drug-likeness (QED) is 0.922. The Bertz CT molecular complexity index is 576. The van der Waals surface area contributed by atoms with Gasteiger partial charge in [-0.3, -0.25) is 4.79 Å². The fraction of sp³-hybridized carbons (Fsp3) is 0.611. The van der Waals surface area contributed by atoms with Gasteiger partial charge in [-0.2, -0.15) is 0 Å². The second-order valence-corrected chi connectivity index (χ2v) is 6.94. The molecule has 1 aromatic carbocycles. The molecule has 0 spiro atoms. The Kier molecular flexibility index (Phi) is 5.39. The zero-order valence-corrected chi connectivity index (χ0v) is 15.0. The number of ether oxygens (including phenoxy) is 1. The molecule has 1 aliphatic carbocycles. The van der Waals surface area contributed by atoms with Crippen LogP contribution in [-0.4, -0.2) is 38.1 Å². The molecule has 2 fully saturated rings. The Morgan fingerprint density at radius 3 is 2.43 bits per heavy atom. The number of methoxy groups -OCH3 is 1. The molecule has 1 aliphatic heterocycles. The molecule has 1 saturated carbocycles. The molecule has 0 aromatic heterocycles. The van der Waals surface area contributed by atoms with Gasteiger partial charge < -0.3 is 15.4 Å². The van der Waals surface area contributed by atoms with Gasteiger partial charge in [-0.1, -0.05) is 12.5 Å². The van der Waals surface area contributed by atoms with Gasteiger partial charge in [0.25, 0.3) is 0 Å². The number of amides is 1. The molecule has 1 aromatic rings. The van der Waals surface area contributed by atoms with Gasteiger partial charge in [-0.15, -0.1) is 12.4 Å². The van der Waals surface area contributed by atoms with Gasteiger partial charge in [0.1, 0.15) is 5.60 Å². The van der Waals surface area contributed by atoms with E-state index in [4.69, 9.17) is 10.5 Å². The van der Waals surface area contributed by atoms with E-state index in [9.17, 15) is 4.79 Å². The second-order valence-electron chi connectivity index (χ2n) is 6.94. The molecule has 23 heavy (non-hydrogen) atoms. The minimum atomic E-state index is -0.370. The van der Waals surface area contributed by atoms with Crippen LogP contribution < -0.4 is 5.73 Å². The third-order valence-corrected chi connectivity index (χ3v) is 5.66. The number of fused-ring (bicyclic) bond motifs is 2. The largest absolute Gasteiger partial charge is 0.373 e. The summed E-state index contributed by atoms with van der Waals surface area (Å²) in [5.41, 5.74) is 8.15. The molecule has 128 valence electrons. The van der Waals surface area contributed by atoms with Crippen LogP contribution in [0, 0.1) is 18.8 Å². The molecule has 0 radical (unpaired) electrons. The normalized spacial score (nSPS) is 30.6. The fourth-order valence-corrected chi connectivity index (χ4v) is 4.73. The van der Waals surface area contributed by atoms with Crippen molar-refractivity contribution in [3.05, 3.63) is 34.9 Å². The van der Waals surface area contributed by atoms with Crippen molar-refractivity contribution in [1.29, 1.82) is 0 Å². The monoisotopic (exact) mass is 338 g/mol. The van der Waals surface area contributed by atoms with E-state index in [0.717, 1.165) is 18.7 Å². The highest BCUT2D eigenvalue weighted by Gasteiger charge is 2.53. The Morgan fingerprint density at radius 2 is 1.91 bits per heavy atom. The molecule has 1 saturated heterocycles.